The van der Waals surface area contributed by atoms with Crippen LogP contribution in [0, 0.1) is 22.7 Å². The van der Waals surface area contributed by atoms with E-state index in [4.69, 9.17) is 10.2 Å². The summed E-state index contributed by atoms with van der Waals surface area (Å²) in [6, 6.07) is 23.1. The zero-order chi connectivity index (χ0) is 24.5. The van der Waals surface area contributed by atoms with E-state index < -0.39 is 5.25 Å². The molecule has 7 nitrogen and oxygen atoms in total. The van der Waals surface area contributed by atoms with E-state index in [1.807, 2.05) is 61.5 Å². The Morgan fingerprint density at radius 3 is 2.20 bits per heavy atom. The first-order valence-corrected chi connectivity index (χ1v) is 11.8. The number of carbonyl (C=O) groups is 1. The van der Waals surface area contributed by atoms with Crippen LogP contribution in [-0.4, -0.2) is 20.7 Å². The van der Waals surface area contributed by atoms with Crippen molar-refractivity contribution >= 4 is 45.3 Å². The average molecular weight is 478 g/mol. The van der Waals surface area contributed by atoms with Crippen LogP contribution in [0.15, 0.2) is 76.4 Å². The lowest BCUT2D eigenvalue weighted by Crippen LogP contribution is -2.24. The topological polar surface area (TPSA) is 122 Å². The summed E-state index contributed by atoms with van der Waals surface area (Å²) in [6.07, 6.45) is 1.95. The molecule has 8 heteroatoms. The standard InChI is InChI=1S/C27H19N5O2S/c1-2-23(27(33)32-20-10-5-3-8-16(20)17-9-4-6-11-21(17)32)35-26-19(15-29)24(22-12-7-13-34-22)18(14-28)25(30)31-26/h3-13,23H,2H2,1H3,(H2,30,31). The fourth-order valence-electron chi connectivity index (χ4n) is 4.30. The molecule has 0 aliphatic carbocycles. The van der Waals surface area contributed by atoms with Gasteiger partial charge in [-0.15, -0.1) is 0 Å². The molecule has 2 aromatic carbocycles. The lowest BCUT2D eigenvalue weighted by Gasteiger charge is -2.17. The number of nitrogens with zero attached hydrogens (tertiary/aromatic N) is 4. The molecule has 2 N–H and O–H groups in total. The second-order valence-corrected chi connectivity index (χ2v) is 9.04. The third-order valence-corrected chi connectivity index (χ3v) is 7.22. The maximum Gasteiger partial charge on any atom is 0.245 e. The summed E-state index contributed by atoms with van der Waals surface area (Å²) < 4.78 is 7.22. The summed E-state index contributed by atoms with van der Waals surface area (Å²) in [6.45, 7) is 1.91. The van der Waals surface area contributed by atoms with Gasteiger partial charge in [0.25, 0.3) is 0 Å². The van der Waals surface area contributed by atoms with Crippen molar-refractivity contribution < 1.29 is 9.21 Å². The van der Waals surface area contributed by atoms with E-state index in [0.29, 0.717) is 12.2 Å². The minimum Gasteiger partial charge on any atom is -0.464 e. The third-order valence-electron chi connectivity index (χ3n) is 5.88. The number of pyridine rings is 1. The molecule has 0 spiro atoms. The van der Waals surface area contributed by atoms with Crippen LogP contribution >= 0.6 is 11.8 Å². The van der Waals surface area contributed by atoms with Crippen LogP contribution in [0.2, 0.25) is 0 Å². The first-order valence-electron chi connectivity index (χ1n) is 11.0. The molecule has 35 heavy (non-hydrogen) atoms. The average Bonchev–Trinajstić information content (AvgIpc) is 3.53. The Kier molecular flexibility index (Phi) is 5.74. The number of nitriles is 2. The minimum absolute atomic E-state index is 0.0143. The Morgan fingerprint density at radius 2 is 1.66 bits per heavy atom. The van der Waals surface area contributed by atoms with Crippen LogP contribution < -0.4 is 5.73 Å². The van der Waals surface area contributed by atoms with Gasteiger partial charge in [0.2, 0.25) is 5.91 Å². The summed E-state index contributed by atoms with van der Waals surface area (Å²) >= 11 is 1.17. The Balaban J connectivity index is 1.64. The van der Waals surface area contributed by atoms with E-state index in [-0.39, 0.29) is 33.4 Å². The van der Waals surface area contributed by atoms with Crippen LogP contribution in [0.3, 0.4) is 0 Å². The summed E-state index contributed by atoms with van der Waals surface area (Å²) in [5.74, 6) is 0.207. The number of aromatic nitrogens is 2. The number of benzene rings is 2. The van der Waals surface area contributed by atoms with Gasteiger partial charge < -0.3 is 10.2 Å². The molecule has 170 valence electrons. The molecule has 0 saturated heterocycles. The second kappa shape index (κ2) is 9.02. The quantitative estimate of drug-likeness (QED) is 0.309. The molecule has 5 aromatic rings. The fourth-order valence-corrected chi connectivity index (χ4v) is 5.36. The molecule has 0 bridgehead atoms. The Hall–Kier alpha value is -4.53. The molecule has 1 unspecified atom stereocenters. The number of nitrogen functional groups attached to an aromatic ring is 1. The van der Waals surface area contributed by atoms with Gasteiger partial charge in [-0.3, -0.25) is 9.36 Å². The summed E-state index contributed by atoms with van der Waals surface area (Å²) in [4.78, 5) is 18.3. The second-order valence-electron chi connectivity index (χ2n) is 7.85. The number of furan rings is 1. The fraction of sp³-hybridized carbons (Fsp3) is 0.111. The first-order chi connectivity index (χ1) is 17.1. The van der Waals surface area contributed by atoms with E-state index >= 15 is 0 Å². The number of hydrogen-bond acceptors (Lipinski definition) is 7. The van der Waals surface area contributed by atoms with Crippen molar-refractivity contribution in [1.82, 2.24) is 9.55 Å². The highest BCUT2D eigenvalue weighted by Gasteiger charge is 2.28. The summed E-state index contributed by atoms with van der Waals surface area (Å²) in [5.41, 5.74) is 8.27. The molecule has 3 aromatic heterocycles. The highest BCUT2D eigenvalue weighted by atomic mass is 32.2. The third kappa shape index (κ3) is 3.61. The zero-order valence-corrected chi connectivity index (χ0v) is 19.5. The van der Waals surface area contributed by atoms with Gasteiger partial charge >= 0.3 is 0 Å². The van der Waals surface area contributed by atoms with Gasteiger partial charge in [0.1, 0.15) is 34.3 Å². The van der Waals surface area contributed by atoms with Crippen molar-refractivity contribution in [3.05, 3.63) is 78.1 Å². The molecule has 0 amide bonds. The normalized spacial score (nSPS) is 11.9. The maximum atomic E-state index is 13.9. The number of carbonyl (C=O) groups excluding carboxylic acids is 1. The monoisotopic (exact) mass is 477 g/mol. The van der Waals surface area contributed by atoms with Crippen molar-refractivity contribution in [3.8, 4) is 23.5 Å². The van der Waals surface area contributed by atoms with E-state index in [9.17, 15) is 15.3 Å². The molecule has 0 saturated carbocycles. The molecule has 0 fully saturated rings. The van der Waals surface area contributed by atoms with Gasteiger partial charge in [-0.25, -0.2) is 4.98 Å². The predicted octanol–water partition coefficient (Wildman–Crippen LogP) is 5.99. The Labute approximate surface area is 205 Å². The molecule has 5 rings (SSSR count). The molecular formula is C27H19N5O2S. The molecule has 0 aliphatic heterocycles. The number of hydrogen-bond donors (Lipinski definition) is 1. The van der Waals surface area contributed by atoms with Gasteiger partial charge in [-0.1, -0.05) is 55.1 Å². The van der Waals surface area contributed by atoms with E-state index in [1.54, 1.807) is 16.7 Å². The van der Waals surface area contributed by atoms with Gasteiger partial charge in [-0.05, 0) is 30.7 Å². The van der Waals surface area contributed by atoms with Crippen molar-refractivity contribution in [2.45, 2.75) is 23.6 Å². The van der Waals surface area contributed by atoms with Crippen LogP contribution in [0.5, 0.6) is 0 Å². The van der Waals surface area contributed by atoms with Crippen molar-refractivity contribution in [1.29, 1.82) is 10.5 Å². The Bertz CT molecular complexity index is 1620. The Morgan fingerprint density at radius 1 is 1.03 bits per heavy atom. The van der Waals surface area contributed by atoms with Gasteiger partial charge in [0.15, 0.2) is 0 Å². The number of anilines is 1. The highest BCUT2D eigenvalue weighted by Crippen LogP contribution is 2.39. The SMILES string of the molecule is CCC(Sc1nc(N)c(C#N)c(-c2ccco2)c1C#N)C(=O)n1c2ccccc2c2ccccc21. The van der Waals surface area contributed by atoms with Gasteiger partial charge in [0.05, 0.1) is 33.7 Å². The smallest absolute Gasteiger partial charge is 0.245 e. The number of nitrogens with two attached hydrogens (primary N) is 1. The molecule has 1 atom stereocenters. The zero-order valence-electron chi connectivity index (χ0n) is 18.7. The van der Waals surface area contributed by atoms with E-state index in [1.165, 1.54) is 18.0 Å². The highest BCUT2D eigenvalue weighted by molar-refractivity contribution is 8.00. The lowest BCUT2D eigenvalue weighted by molar-refractivity contribution is 0.0919. The number of para-hydroxylation sites is 2. The van der Waals surface area contributed by atoms with Crippen LogP contribution in [0.25, 0.3) is 33.1 Å². The summed E-state index contributed by atoms with van der Waals surface area (Å²) in [5, 5.41) is 21.4. The summed E-state index contributed by atoms with van der Waals surface area (Å²) in [7, 11) is 0. The van der Waals surface area contributed by atoms with Crippen molar-refractivity contribution in [2.24, 2.45) is 0 Å². The van der Waals surface area contributed by atoms with Crippen molar-refractivity contribution in [3.63, 3.8) is 0 Å². The lowest BCUT2D eigenvalue weighted by atomic mass is 10.0. The minimum atomic E-state index is -0.550. The van der Waals surface area contributed by atoms with Crippen LogP contribution in [0.1, 0.15) is 29.3 Å². The molecular weight excluding hydrogens is 458 g/mol. The van der Waals surface area contributed by atoms with Gasteiger partial charge in [0, 0.05) is 10.8 Å². The number of fused-ring (bicyclic) bond motifs is 3. The molecule has 3 heterocycles. The van der Waals surface area contributed by atoms with Crippen molar-refractivity contribution in [2.75, 3.05) is 5.73 Å². The van der Waals surface area contributed by atoms with E-state index in [0.717, 1.165) is 21.8 Å². The van der Waals surface area contributed by atoms with Crippen LogP contribution in [0.4, 0.5) is 5.82 Å². The van der Waals surface area contributed by atoms with E-state index in [2.05, 4.69) is 11.1 Å². The maximum absolute atomic E-state index is 13.9. The number of thioether (sulfide) groups is 1. The predicted molar refractivity (Wildman–Crippen MR) is 136 cm³/mol. The molecule has 0 aliphatic rings. The first kappa shape index (κ1) is 22.3. The largest absolute Gasteiger partial charge is 0.464 e. The van der Waals surface area contributed by atoms with Gasteiger partial charge in [-0.2, -0.15) is 10.5 Å². The van der Waals surface area contributed by atoms with Crippen LogP contribution in [-0.2, 0) is 0 Å². The number of rotatable bonds is 5. The molecule has 0 radical (unpaired) electrons.